The van der Waals surface area contributed by atoms with Crippen LogP contribution in [0, 0.1) is 5.41 Å². The van der Waals surface area contributed by atoms with Crippen molar-refractivity contribution in [3.8, 4) is 5.75 Å². The summed E-state index contributed by atoms with van der Waals surface area (Å²) in [6, 6.07) is 8.38. The SMILES string of the molecule is CC1C[N+](C)(CC(O)COc2ccc(C(C)(C)CC(C)(C)C)cc2)CC(C)O1. The van der Waals surface area contributed by atoms with Crippen molar-refractivity contribution in [1.82, 2.24) is 0 Å². The van der Waals surface area contributed by atoms with Gasteiger partial charge in [-0.25, -0.2) is 0 Å². The predicted molar refractivity (Wildman–Crippen MR) is 116 cm³/mol. The Hall–Kier alpha value is -1.10. The summed E-state index contributed by atoms with van der Waals surface area (Å²) >= 11 is 0. The number of benzene rings is 1. The second kappa shape index (κ2) is 8.73. The second-order valence-corrected chi connectivity index (χ2v) is 11.0. The maximum absolute atomic E-state index is 10.5. The molecule has 1 aromatic carbocycles. The van der Waals surface area contributed by atoms with E-state index < -0.39 is 6.10 Å². The molecule has 1 N–H and O–H groups in total. The molecule has 1 aliphatic heterocycles. The van der Waals surface area contributed by atoms with Crippen molar-refractivity contribution in [1.29, 1.82) is 0 Å². The minimum atomic E-state index is -0.487. The summed E-state index contributed by atoms with van der Waals surface area (Å²) in [6.45, 7) is 18.5. The van der Waals surface area contributed by atoms with Gasteiger partial charge in [0.05, 0.1) is 7.05 Å². The number of rotatable bonds is 7. The van der Waals surface area contributed by atoms with E-state index in [9.17, 15) is 5.11 Å². The van der Waals surface area contributed by atoms with Crippen LogP contribution in [0.25, 0.3) is 0 Å². The number of morpholine rings is 1. The Labute approximate surface area is 172 Å². The molecule has 1 fully saturated rings. The van der Waals surface area contributed by atoms with Gasteiger partial charge in [0.15, 0.2) is 0 Å². The van der Waals surface area contributed by atoms with Crippen molar-refractivity contribution in [3.63, 3.8) is 0 Å². The Morgan fingerprint density at radius 3 is 2.11 bits per heavy atom. The van der Waals surface area contributed by atoms with Gasteiger partial charge in [-0.05, 0) is 48.8 Å². The van der Waals surface area contributed by atoms with E-state index in [0.29, 0.717) is 13.2 Å². The molecule has 0 aromatic heterocycles. The Morgan fingerprint density at radius 2 is 1.61 bits per heavy atom. The molecule has 28 heavy (non-hydrogen) atoms. The Kier molecular flexibility index (Phi) is 7.22. The monoisotopic (exact) mass is 392 g/mol. The van der Waals surface area contributed by atoms with Gasteiger partial charge in [0, 0.05) is 0 Å². The zero-order valence-corrected chi connectivity index (χ0v) is 19.3. The van der Waals surface area contributed by atoms with Crippen LogP contribution in [-0.4, -0.2) is 61.2 Å². The predicted octanol–water partition coefficient (Wildman–Crippen LogP) is 4.39. The van der Waals surface area contributed by atoms with Crippen LogP contribution in [0.5, 0.6) is 5.75 Å². The lowest BCUT2D eigenvalue weighted by Crippen LogP contribution is -2.60. The lowest BCUT2D eigenvalue weighted by Gasteiger charge is -2.43. The minimum absolute atomic E-state index is 0.124. The van der Waals surface area contributed by atoms with Crippen molar-refractivity contribution in [2.75, 3.05) is 33.3 Å². The third-order valence-electron chi connectivity index (χ3n) is 5.56. The standard InChI is InChI=1S/C24H42NO3/c1-18-13-25(8,14-19(2)28-18)15-21(26)16-27-22-11-9-20(10-12-22)24(6,7)17-23(3,4)5/h9-12,18-19,21,26H,13-17H2,1-8H3/q+1. The fraction of sp³-hybridized carbons (Fsp3) is 0.750. The molecule has 3 unspecified atom stereocenters. The van der Waals surface area contributed by atoms with Crippen LogP contribution < -0.4 is 4.74 Å². The van der Waals surface area contributed by atoms with E-state index in [1.54, 1.807) is 0 Å². The fourth-order valence-electron chi connectivity index (χ4n) is 5.13. The first kappa shape index (κ1) is 23.2. The van der Waals surface area contributed by atoms with E-state index in [-0.39, 0.29) is 23.0 Å². The normalized spacial score (nSPS) is 27.5. The first-order valence-electron chi connectivity index (χ1n) is 10.7. The summed E-state index contributed by atoms with van der Waals surface area (Å²) in [6.07, 6.45) is 1.09. The van der Waals surface area contributed by atoms with Crippen molar-refractivity contribution < 1.29 is 19.1 Å². The first-order valence-corrected chi connectivity index (χ1v) is 10.7. The molecule has 0 amide bonds. The summed E-state index contributed by atoms with van der Waals surface area (Å²) in [4.78, 5) is 0. The van der Waals surface area contributed by atoms with Gasteiger partial charge < -0.3 is 19.1 Å². The minimum Gasteiger partial charge on any atom is -0.491 e. The average Bonchev–Trinajstić information content (AvgIpc) is 2.49. The molecule has 0 radical (unpaired) electrons. The lowest BCUT2D eigenvalue weighted by molar-refractivity contribution is -0.926. The van der Waals surface area contributed by atoms with Crippen LogP contribution in [0.2, 0.25) is 0 Å². The Bertz CT molecular complexity index is 608. The van der Waals surface area contributed by atoms with Crippen LogP contribution in [0.1, 0.15) is 60.5 Å². The molecule has 3 atom stereocenters. The average molecular weight is 393 g/mol. The van der Waals surface area contributed by atoms with Gasteiger partial charge in [-0.1, -0.05) is 46.8 Å². The number of aliphatic hydroxyl groups is 1. The van der Waals surface area contributed by atoms with Gasteiger partial charge in [-0.15, -0.1) is 0 Å². The quantitative estimate of drug-likeness (QED) is 0.699. The van der Waals surface area contributed by atoms with E-state index in [1.165, 1.54) is 5.56 Å². The summed E-state index contributed by atoms with van der Waals surface area (Å²) in [5, 5.41) is 10.5. The first-order chi connectivity index (χ1) is 12.8. The van der Waals surface area contributed by atoms with Crippen molar-refractivity contribution in [2.24, 2.45) is 5.41 Å². The van der Waals surface area contributed by atoms with E-state index in [2.05, 4.69) is 67.6 Å². The van der Waals surface area contributed by atoms with Crippen molar-refractivity contribution >= 4 is 0 Å². The smallest absolute Gasteiger partial charge is 0.137 e. The topological polar surface area (TPSA) is 38.7 Å². The van der Waals surface area contributed by atoms with E-state index in [1.807, 2.05) is 12.1 Å². The molecule has 1 aromatic rings. The molecule has 1 heterocycles. The molecule has 0 bridgehead atoms. The number of ether oxygens (including phenoxy) is 2. The van der Waals surface area contributed by atoms with Gasteiger partial charge in [0.2, 0.25) is 0 Å². The van der Waals surface area contributed by atoms with Crippen molar-refractivity contribution in [3.05, 3.63) is 29.8 Å². The van der Waals surface area contributed by atoms with Crippen LogP contribution in [-0.2, 0) is 10.2 Å². The number of likely N-dealkylation sites (N-methyl/N-ethyl adjacent to an activating group) is 1. The second-order valence-electron chi connectivity index (χ2n) is 11.0. The number of nitrogens with zero attached hydrogens (tertiary/aromatic N) is 1. The highest BCUT2D eigenvalue weighted by Gasteiger charge is 2.35. The molecular weight excluding hydrogens is 350 g/mol. The van der Waals surface area contributed by atoms with Crippen LogP contribution in [0.4, 0.5) is 0 Å². The summed E-state index contributed by atoms with van der Waals surface area (Å²) < 4.78 is 12.5. The van der Waals surface area contributed by atoms with E-state index in [0.717, 1.165) is 29.7 Å². The van der Waals surface area contributed by atoms with Gasteiger partial charge in [0.25, 0.3) is 0 Å². The number of aliphatic hydroxyl groups excluding tert-OH is 1. The van der Waals surface area contributed by atoms with Gasteiger partial charge >= 0.3 is 0 Å². The molecule has 1 saturated heterocycles. The zero-order valence-electron chi connectivity index (χ0n) is 19.3. The molecule has 160 valence electrons. The summed E-state index contributed by atoms with van der Waals surface area (Å²) in [5.41, 5.74) is 1.74. The number of hydrogen-bond acceptors (Lipinski definition) is 3. The number of quaternary nitrogens is 1. The van der Waals surface area contributed by atoms with Crippen molar-refractivity contribution in [2.45, 2.75) is 78.6 Å². The molecule has 0 aliphatic carbocycles. The van der Waals surface area contributed by atoms with Crippen LogP contribution in [0.3, 0.4) is 0 Å². The Balaban J connectivity index is 1.89. The van der Waals surface area contributed by atoms with Gasteiger partial charge in [-0.2, -0.15) is 0 Å². The molecule has 4 nitrogen and oxygen atoms in total. The molecule has 2 rings (SSSR count). The third kappa shape index (κ3) is 7.06. The highest BCUT2D eigenvalue weighted by molar-refractivity contribution is 5.31. The van der Waals surface area contributed by atoms with E-state index in [4.69, 9.17) is 9.47 Å². The van der Waals surface area contributed by atoms with E-state index >= 15 is 0 Å². The maximum Gasteiger partial charge on any atom is 0.137 e. The van der Waals surface area contributed by atoms with Gasteiger partial charge in [-0.3, -0.25) is 0 Å². The largest absolute Gasteiger partial charge is 0.491 e. The zero-order chi connectivity index (χ0) is 21.2. The van der Waals surface area contributed by atoms with Crippen LogP contribution >= 0.6 is 0 Å². The summed E-state index contributed by atoms with van der Waals surface area (Å²) in [7, 11) is 2.20. The molecule has 0 saturated carbocycles. The molecule has 4 heteroatoms. The highest BCUT2D eigenvalue weighted by Crippen LogP contribution is 2.36. The summed E-state index contributed by atoms with van der Waals surface area (Å²) in [5.74, 6) is 0.820. The highest BCUT2D eigenvalue weighted by atomic mass is 16.5. The third-order valence-corrected chi connectivity index (χ3v) is 5.56. The van der Waals surface area contributed by atoms with Crippen LogP contribution in [0.15, 0.2) is 24.3 Å². The number of hydrogen-bond donors (Lipinski definition) is 1. The lowest BCUT2D eigenvalue weighted by atomic mass is 9.72. The molecule has 0 spiro atoms. The fourth-order valence-corrected chi connectivity index (χ4v) is 5.13. The maximum atomic E-state index is 10.5. The molecule has 1 aliphatic rings. The van der Waals surface area contributed by atoms with Gasteiger partial charge in [0.1, 0.15) is 50.3 Å². The Morgan fingerprint density at radius 1 is 1.07 bits per heavy atom. The molecular formula is C24H42NO3+.